The maximum Gasteiger partial charge on any atom is 0.311 e. The van der Waals surface area contributed by atoms with Crippen LogP contribution in [0.4, 0.5) is 5.69 Å². The number of hydrogen-bond acceptors (Lipinski definition) is 4. The summed E-state index contributed by atoms with van der Waals surface area (Å²) in [6.45, 7) is 0.510. The zero-order chi connectivity index (χ0) is 14.5. The first kappa shape index (κ1) is 14.3. The summed E-state index contributed by atoms with van der Waals surface area (Å²) in [4.78, 5) is 10.5. The van der Waals surface area contributed by atoms with E-state index in [-0.39, 0.29) is 11.4 Å². The molecule has 5 nitrogen and oxygen atoms in total. The van der Waals surface area contributed by atoms with Gasteiger partial charge in [0.25, 0.3) is 0 Å². The van der Waals surface area contributed by atoms with Gasteiger partial charge in [-0.15, -0.1) is 0 Å². The number of nitro benzene ring substituents is 1. The van der Waals surface area contributed by atoms with Crippen LogP contribution in [0.2, 0.25) is 5.02 Å². The fraction of sp³-hybridized carbons (Fsp3) is 0.143. The number of benzene rings is 2. The Hall–Kier alpha value is -2.11. The first-order chi connectivity index (χ1) is 9.63. The quantitative estimate of drug-likeness (QED) is 0.673. The van der Waals surface area contributed by atoms with E-state index < -0.39 is 4.92 Å². The second kappa shape index (κ2) is 6.36. The zero-order valence-corrected chi connectivity index (χ0v) is 11.6. The highest BCUT2D eigenvalue weighted by Crippen LogP contribution is 2.34. The van der Waals surface area contributed by atoms with Gasteiger partial charge in [-0.05, 0) is 25.2 Å². The number of para-hydroxylation sites is 2. The molecule has 104 valence electrons. The van der Waals surface area contributed by atoms with Crippen LogP contribution >= 0.6 is 11.6 Å². The second-order valence-corrected chi connectivity index (χ2v) is 4.48. The molecule has 2 aromatic rings. The van der Waals surface area contributed by atoms with E-state index in [1.165, 1.54) is 6.07 Å². The van der Waals surface area contributed by atoms with Crippen molar-refractivity contribution in [2.75, 3.05) is 7.05 Å². The Balaban J connectivity index is 2.40. The Labute approximate surface area is 121 Å². The van der Waals surface area contributed by atoms with Crippen molar-refractivity contribution in [1.82, 2.24) is 5.32 Å². The van der Waals surface area contributed by atoms with E-state index in [1.54, 1.807) is 43.4 Å². The van der Waals surface area contributed by atoms with Crippen LogP contribution in [0.5, 0.6) is 11.5 Å². The van der Waals surface area contributed by atoms with Gasteiger partial charge in [-0.1, -0.05) is 29.8 Å². The summed E-state index contributed by atoms with van der Waals surface area (Å²) in [6.07, 6.45) is 0. The molecule has 0 fully saturated rings. The Bertz CT molecular complexity index is 632. The van der Waals surface area contributed by atoms with Crippen molar-refractivity contribution in [2.45, 2.75) is 6.54 Å². The summed E-state index contributed by atoms with van der Waals surface area (Å²) in [7, 11) is 1.79. The molecule has 0 radical (unpaired) electrons. The smallest absolute Gasteiger partial charge is 0.311 e. The minimum atomic E-state index is -0.475. The summed E-state index contributed by atoms with van der Waals surface area (Å²) >= 11 is 6.12. The Morgan fingerprint density at radius 1 is 1.20 bits per heavy atom. The van der Waals surface area contributed by atoms with Gasteiger partial charge in [0.1, 0.15) is 5.75 Å². The van der Waals surface area contributed by atoms with Gasteiger partial charge < -0.3 is 10.1 Å². The molecule has 0 bridgehead atoms. The van der Waals surface area contributed by atoms with Crippen molar-refractivity contribution >= 4 is 17.3 Å². The largest absolute Gasteiger partial charge is 0.450 e. The third-order valence-electron chi connectivity index (χ3n) is 2.71. The number of ether oxygens (including phenoxy) is 1. The molecule has 0 saturated heterocycles. The molecule has 0 atom stereocenters. The van der Waals surface area contributed by atoms with Gasteiger partial charge >= 0.3 is 5.69 Å². The lowest BCUT2D eigenvalue weighted by atomic mass is 10.2. The first-order valence-corrected chi connectivity index (χ1v) is 6.34. The molecular formula is C14H13ClN2O3. The summed E-state index contributed by atoms with van der Waals surface area (Å²) in [5.41, 5.74) is 0.678. The highest BCUT2D eigenvalue weighted by atomic mass is 35.5. The number of nitrogens with zero attached hydrogens (tertiary/aromatic N) is 1. The van der Waals surface area contributed by atoms with E-state index >= 15 is 0 Å². The lowest BCUT2D eigenvalue weighted by Gasteiger charge is -2.12. The molecule has 2 rings (SSSR count). The molecule has 1 N–H and O–H groups in total. The summed E-state index contributed by atoms with van der Waals surface area (Å²) in [5, 5.41) is 14.5. The van der Waals surface area contributed by atoms with Crippen molar-refractivity contribution < 1.29 is 9.66 Å². The van der Waals surface area contributed by atoms with Gasteiger partial charge in [0, 0.05) is 23.2 Å². The zero-order valence-electron chi connectivity index (χ0n) is 10.8. The Morgan fingerprint density at radius 3 is 2.60 bits per heavy atom. The molecule has 0 amide bonds. The van der Waals surface area contributed by atoms with Crippen molar-refractivity contribution in [3.05, 3.63) is 63.2 Å². The molecule has 0 aliphatic heterocycles. The fourth-order valence-electron chi connectivity index (χ4n) is 1.80. The minimum absolute atomic E-state index is 0.0807. The number of rotatable bonds is 5. The van der Waals surface area contributed by atoms with Crippen molar-refractivity contribution in [1.29, 1.82) is 0 Å². The van der Waals surface area contributed by atoms with E-state index in [2.05, 4.69) is 5.32 Å². The van der Waals surface area contributed by atoms with Crippen molar-refractivity contribution in [2.24, 2.45) is 0 Å². The third-order valence-corrected chi connectivity index (χ3v) is 3.07. The normalized spacial score (nSPS) is 10.3. The summed E-state index contributed by atoms with van der Waals surface area (Å²) in [5.74, 6) is 0.693. The Morgan fingerprint density at radius 2 is 1.90 bits per heavy atom. The maximum atomic E-state index is 11.0. The lowest BCUT2D eigenvalue weighted by molar-refractivity contribution is -0.385. The van der Waals surface area contributed by atoms with Gasteiger partial charge in [0.05, 0.1) is 4.92 Å². The topological polar surface area (TPSA) is 64.4 Å². The second-order valence-electron chi connectivity index (χ2n) is 4.07. The predicted octanol–water partition coefficient (Wildman–Crippen LogP) is 3.76. The highest BCUT2D eigenvalue weighted by molar-refractivity contribution is 6.31. The fourth-order valence-corrected chi connectivity index (χ4v) is 2.03. The van der Waals surface area contributed by atoms with E-state index in [9.17, 15) is 10.1 Å². The number of nitrogens with one attached hydrogen (secondary N) is 1. The van der Waals surface area contributed by atoms with Gasteiger partial charge in [-0.25, -0.2) is 0 Å². The van der Waals surface area contributed by atoms with Gasteiger partial charge in [-0.3, -0.25) is 10.1 Å². The molecule has 0 unspecified atom stereocenters. The van der Waals surface area contributed by atoms with E-state index in [0.717, 1.165) is 5.56 Å². The highest BCUT2D eigenvalue weighted by Gasteiger charge is 2.16. The van der Waals surface area contributed by atoms with Gasteiger partial charge in [-0.2, -0.15) is 0 Å². The van der Waals surface area contributed by atoms with E-state index in [0.29, 0.717) is 17.3 Å². The molecule has 2 aromatic carbocycles. The number of hydrogen-bond donors (Lipinski definition) is 1. The molecule has 0 heterocycles. The van der Waals surface area contributed by atoms with Crippen LogP contribution in [0.15, 0.2) is 42.5 Å². The lowest BCUT2D eigenvalue weighted by Crippen LogP contribution is -2.07. The van der Waals surface area contributed by atoms with Crippen LogP contribution < -0.4 is 10.1 Å². The van der Waals surface area contributed by atoms with Crippen LogP contribution in [0, 0.1) is 10.1 Å². The van der Waals surface area contributed by atoms with Gasteiger partial charge in [0.15, 0.2) is 0 Å². The van der Waals surface area contributed by atoms with Crippen LogP contribution in [-0.2, 0) is 6.54 Å². The minimum Gasteiger partial charge on any atom is -0.450 e. The molecule has 0 aromatic heterocycles. The molecule has 0 aliphatic rings. The molecule has 0 spiro atoms. The molecule has 20 heavy (non-hydrogen) atoms. The molecular weight excluding hydrogens is 280 g/mol. The van der Waals surface area contributed by atoms with E-state index in [1.807, 2.05) is 0 Å². The van der Waals surface area contributed by atoms with Crippen LogP contribution in [-0.4, -0.2) is 12.0 Å². The monoisotopic (exact) mass is 292 g/mol. The first-order valence-electron chi connectivity index (χ1n) is 5.96. The average molecular weight is 293 g/mol. The van der Waals surface area contributed by atoms with Crippen molar-refractivity contribution in [3.8, 4) is 11.5 Å². The van der Waals surface area contributed by atoms with Gasteiger partial charge in [0.2, 0.25) is 5.75 Å². The van der Waals surface area contributed by atoms with Crippen molar-refractivity contribution in [3.63, 3.8) is 0 Å². The van der Waals surface area contributed by atoms with Crippen LogP contribution in [0.25, 0.3) is 0 Å². The Kier molecular flexibility index (Phi) is 4.55. The molecule has 0 saturated carbocycles. The van der Waals surface area contributed by atoms with Crippen LogP contribution in [0.1, 0.15) is 5.56 Å². The standard InChI is InChI=1S/C14H13ClN2O3/c1-16-9-10-11(15)5-4-8-13(10)20-14-7-3-2-6-12(14)17(18)19/h2-8,16H,9H2,1H3. The number of nitro groups is 1. The van der Waals surface area contributed by atoms with E-state index in [4.69, 9.17) is 16.3 Å². The molecule has 0 aliphatic carbocycles. The summed E-state index contributed by atoms with van der Waals surface area (Å²) < 4.78 is 5.67. The third kappa shape index (κ3) is 3.07. The summed E-state index contributed by atoms with van der Waals surface area (Å²) in [6, 6.07) is 11.5. The SMILES string of the molecule is CNCc1c(Cl)cccc1Oc1ccccc1[N+](=O)[O-]. The predicted molar refractivity (Wildman–Crippen MR) is 77.4 cm³/mol. The average Bonchev–Trinajstić information content (AvgIpc) is 2.43. The van der Waals surface area contributed by atoms with Crippen LogP contribution in [0.3, 0.4) is 0 Å². The maximum absolute atomic E-state index is 11.0. The number of halogens is 1. The molecule has 6 heteroatoms.